The van der Waals surface area contributed by atoms with Crippen molar-refractivity contribution in [3.8, 4) is 28.3 Å². The number of methoxy groups -OCH3 is 1. The number of nitrogens with one attached hydrogen (secondary N) is 2. The van der Waals surface area contributed by atoms with Gasteiger partial charge in [0.1, 0.15) is 5.75 Å². The van der Waals surface area contributed by atoms with Gasteiger partial charge in [0.2, 0.25) is 0 Å². The molecule has 6 heteroatoms. The smallest absolute Gasteiger partial charge is 0.251 e. The van der Waals surface area contributed by atoms with Crippen molar-refractivity contribution in [2.75, 3.05) is 13.7 Å². The van der Waals surface area contributed by atoms with Crippen LogP contribution in [0.3, 0.4) is 0 Å². The van der Waals surface area contributed by atoms with E-state index in [1.54, 1.807) is 7.11 Å². The minimum Gasteiger partial charge on any atom is -0.497 e. The molecule has 1 aromatic heterocycles. The Morgan fingerprint density at radius 1 is 0.968 bits per heavy atom. The van der Waals surface area contributed by atoms with Crippen LogP contribution in [-0.2, 0) is 6.42 Å². The molecule has 0 saturated heterocycles. The molecule has 0 spiro atoms. The van der Waals surface area contributed by atoms with Gasteiger partial charge in [-0.2, -0.15) is 5.10 Å². The Hall–Kier alpha value is -3.57. The molecule has 0 radical (unpaired) electrons. The number of H-pyrrole nitrogens is 1. The van der Waals surface area contributed by atoms with E-state index < -0.39 is 0 Å². The number of aromatic amines is 1. The van der Waals surface area contributed by atoms with Crippen LogP contribution in [0, 0.1) is 0 Å². The van der Waals surface area contributed by atoms with Crippen molar-refractivity contribution in [3.63, 3.8) is 0 Å². The van der Waals surface area contributed by atoms with Crippen molar-refractivity contribution in [2.45, 2.75) is 6.42 Å². The van der Waals surface area contributed by atoms with Gasteiger partial charge in [-0.1, -0.05) is 48.0 Å². The van der Waals surface area contributed by atoms with Crippen LogP contribution in [0.4, 0.5) is 0 Å². The zero-order chi connectivity index (χ0) is 21.6. The summed E-state index contributed by atoms with van der Waals surface area (Å²) in [5.74, 6) is 0.731. The highest BCUT2D eigenvalue weighted by Crippen LogP contribution is 2.25. The average molecular weight is 432 g/mol. The third-order valence-electron chi connectivity index (χ3n) is 5.03. The van der Waals surface area contributed by atoms with E-state index in [1.165, 1.54) is 0 Å². The number of hydrogen-bond donors (Lipinski definition) is 2. The van der Waals surface area contributed by atoms with E-state index in [2.05, 4.69) is 15.5 Å². The lowest BCUT2D eigenvalue weighted by Gasteiger charge is -2.07. The van der Waals surface area contributed by atoms with Gasteiger partial charge >= 0.3 is 0 Å². The van der Waals surface area contributed by atoms with Crippen molar-refractivity contribution in [2.24, 2.45) is 0 Å². The first-order valence-corrected chi connectivity index (χ1v) is 10.3. The fourth-order valence-electron chi connectivity index (χ4n) is 3.25. The largest absolute Gasteiger partial charge is 0.497 e. The topological polar surface area (TPSA) is 67.0 Å². The molecule has 31 heavy (non-hydrogen) atoms. The van der Waals surface area contributed by atoms with Crippen LogP contribution in [-0.4, -0.2) is 29.8 Å². The lowest BCUT2D eigenvalue weighted by molar-refractivity contribution is 0.0954. The summed E-state index contributed by atoms with van der Waals surface area (Å²) in [5.41, 5.74) is 5.43. The molecule has 0 bridgehead atoms. The maximum absolute atomic E-state index is 12.4. The van der Waals surface area contributed by atoms with Gasteiger partial charge in [0.25, 0.3) is 5.91 Å². The molecule has 4 aromatic rings. The molecule has 0 aliphatic carbocycles. The first kappa shape index (κ1) is 20.7. The van der Waals surface area contributed by atoms with Crippen LogP contribution >= 0.6 is 11.6 Å². The molecule has 5 nitrogen and oxygen atoms in total. The highest BCUT2D eigenvalue weighted by Gasteiger charge is 2.09. The van der Waals surface area contributed by atoms with Crippen LogP contribution in [0.25, 0.3) is 22.5 Å². The quantitative estimate of drug-likeness (QED) is 0.413. The molecule has 0 aliphatic heterocycles. The molecule has 0 aliphatic rings. The molecule has 0 unspecified atom stereocenters. The first-order chi connectivity index (χ1) is 15.1. The van der Waals surface area contributed by atoms with Gasteiger partial charge in [0, 0.05) is 22.7 Å². The van der Waals surface area contributed by atoms with E-state index in [-0.39, 0.29) is 5.91 Å². The number of aromatic nitrogens is 2. The fraction of sp³-hybridized carbons (Fsp3) is 0.120. The maximum Gasteiger partial charge on any atom is 0.251 e. The van der Waals surface area contributed by atoms with E-state index in [0.717, 1.165) is 40.2 Å². The molecule has 3 aromatic carbocycles. The number of hydrogen-bond acceptors (Lipinski definition) is 3. The van der Waals surface area contributed by atoms with Gasteiger partial charge < -0.3 is 10.1 Å². The Morgan fingerprint density at radius 2 is 1.65 bits per heavy atom. The lowest BCUT2D eigenvalue weighted by atomic mass is 10.1. The highest BCUT2D eigenvalue weighted by molar-refractivity contribution is 6.30. The number of carbonyl (C=O) groups is 1. The number of halogens is 1. The third kappa shape index (κ3) is 5.13. The number of amides is 1. The van der Waals surface area contributed by atoms with E-state index in [0.29, 0.717) is 17.1 Å². The van der Waals surface area contributed by atoms with Crippen molar-refractivity contribution in [1.29, 1.82) is 0 Å². The molecule has 1 heterocycles. The SMILES string of the molecule is COc1ccc(CCNC(=O)c2ccc(-c3cc(-c4ccc(Cl)cc4)[nH]n3)cc2)cc1. The number of nitrogens with zero attached hydrogens (tertiary/aromatic N) is 1. The molecule has 1 amide bonds. The Morgan fingerprint density at radius 3 is 2.32 bits per heavy atom. The van der Waals surface area contributed by atoms with E-state index >= 15 is 0 Å². The molecule has 156 valence electrons. The third-order valence-corrected chi connectivity index (χ3v) is 5.29. The lowest BCUT2D eigenvalue weighted by Crippen LogP contribution is -2.25. The molecule has 0 fully saturated rings. The predicted octanol–water partition coefficient (Wildman–Crippen LogP) is 5.38. The minimum absolute atomic E-state index is 0.0936. The second-order valence-electron chi connectivity index (χ2n) is 7.11. The highest BCUT2D eigenvalue weighted by atomic mass is 35.5. The van der Waals surface area contributed by atoms with Crippen molar-refractivity contribution < 1.29 is 9.53 Å². The summed E-state index contributed by atoms with van der Waals surface area (Å²) in [4.78, 5) is 12.4. The van der Waals surface area contributed by atoms with Crippen LogP contribution in [0.5, 0.6) is 5.75 Å². The van der Waals surface area contributed by atoms with Gasteiger partial charge in [-0.15, -0.1) is 0 Å². The predicted molar refractivity (Wildman–Crippen MR) is 124 cm³/mol. The van der Waals surface area contributed by atoms with E-state index in [4.69, 9.17) is 16.3 Å². The normalized spacial score (nSPS) is 10.6. The van der Waals surface area contributed by atoms with Crippen LogP contribution in [0.1, 0.15) is 15.9 Å². The molecule has 4 rings (SSSR count). The Bertz CT molecular complexity index is 1150. The Balaban J connectivity index is 1.35. The van der Waals surface area contributed by atoms with Gasteiger partial charge in [-0.25, -0.2) is 0 Å². The summed E-state index contributed by atoms with van der Waals surface area (Å²) >= 11 is 5.95. The van der Waals surface area contributed by atoms with Gasteiger partial charge in [0.15, 0.2) is 0 Å². The van der Waals surface area contributed by atoms with Crippen molar-refractivity contribution in [1.82, 2.24) is 15.5 Å². The molecule has 2 N–H and O–H groups in total. The standard InChI is InChI=1S/C25H22ClN3O2/c1-31-22-12-2-17(3-13-22)14-15-27-25(30)20-6-4-18(5-7-20)23-16-24(29-28-23)19-8-10-21(26)11-9-19/h2-13,16H,14-15H2,1H3,(H,27,30)(H,28,29). The summed E-state index contributed by atoms with van der Waals surface area (Å²) < 4.78 is 5.16. The zero-order valence-electron chi connectivity index (χ0n) is 17.1. The molecular weight excluding hydrogens is 410 g/mol. The van der Waals surface area contributed by atoms with Gasteiger partial charge in [0.05, 0.1) is 18.5 Å². The molecule has 0 atom stereocenters. The maximum atomic E-state index is 12.4. The van der Waals surface area contributed by atoms with E-state index in [9.17, 15) is 4.79 Å². The summed E-state index contributed by atoms with van der Waals surface area (Å²) in [5, 5.41) is 11.1. The number of benzene rings is 3. The second-order valence-corrected chi connectivity index (χ2v) is 7.54. The van der Waals surface area contributed by atoms with E-state index in [1.807, 2.05) is 78.9 Å². The average Bonchev–Trinajstić information content (AvgIpc) is 3.30. The Kier molecular flexibility index (Phi) is 6.34. The molecular formula is C25H22ClN3O2. The fourth-order valence-corrected chi connectivity index (χ4v) is 3.38. The van der Waals surface area contributed by atoms with Crippen molar-refractivity contribution in [3.05, 3.63) is 95.0 Å². The van der Waals surface area contributed by atoms with Crippen LogP contribution in [0.15, 0.2) is 78.9 Å². The second kappa shape index (κ2) is 9.49. The first-order valence-electron chi connectivity index (χ1n) is 9.95. The van der Waals surface area contributed by atoms with Gasteiger partial charge in [-0.05, 0) is 60.0 Å². The summed E-state index contributed by atoms with van der Waals surface area (Å²) in [7, 11) is 1.64. The number of carbonyl (C=O) groups excluding carboxylic acids is 1. The zero-order valence-corrected chi connectivity index (χ0v) is 17.8. The van der Waals surface area contributed by atoms with Crippen molar-refractivity contribution >= 4 is 17.5 Å². The summed E-state index contributed by atoms with van der Waals surface area (Å²) in [6.07, 6.45) is 0.758. The Labute approximate surface area is 186 Å². The van der Waals surface area contributed by atoms with Crippen LogP contribution in [0.2, 0.25) is 5.02 Å². The van der Waals surface area contributed by atoms with Gasteiger partial charge in [-0.3, -0.25) is 9.89 Å². The summed E-state index contributed by atoms with van der Waals surface area (Å²) in [6, 6.07) is 24.8. The number of rotatable bonds is 7. The minimum atomic E-state index is -0.0936. The van der Waals surface area contributed by atoms with Crippen LogP contribution < -0.4 is 10.1 Å². The molecule has 0 saturated carbocycles. The number of ether oxygens (including phenoxy) is 1. The monoisotopic (exact) mass is 431 g/mol. The summed E-state index contributed by atoms with van der Waals surface area (Å²) in [6.45, 7) is 0.566.